The summed E-state index contributed by atoms with van der Waals surface area (Å²) in [5.41, 5.74) is 2.30. The second-order valence-corrected chi connectivity index (χ2v) is 4.10. The van der Waals surface area contributed by atoms with Crippen LogP contribution in [0.3, 0.4) is 0 Å². The van der Waals surface area contributed by atoms with Crippen molar-refractivity contribution in [2.45, 2.75) is 19.0 Å². The Morgan fingerprint density at radius 1 is 1.54 bits per heavy atom. The van der Waals surface area contributed by atoms with Crippen molar-refractivity contribution in [2.75, 3.05) is 0 Å². The molecule has 1 heterocycles. The molecular weight excluding hydrogens is 230 g/mol. The van der Waals surface area contributed by atoms with Crippen LogP contribution in [0.5, 0.6) is 0 Å². The summed E-state index contributed by atoms with van der Waals surface area (Å²) in [5.74, 6) is 0. The molecule has 1 aliphatic rings. The Bertz CT molecular complexity index is 351. The maximum absolute atomic E-state index is 10.8. The lowest BCUT2D eigenvalue weighted by Gasteiger charge is -2.04. The molecule has 0 aromatic heterocycles. The number of fused-ring (bicyclic) bond motifs is 1. The van der Waals surface area contributed by atoms with E-state index in [2.05, 4.69) is 34.2 Å². The summed E-state index contributed by atoms with van der Waals surface area (Å²) >= 11 is 3.46. The minimum absolute atomic E-state index is 0.152. The lowest BCUT2D eigenvalue weighted by molar-refractivity contribution is -0.109. The Kier molecular flexibility index (Phi) is 2.22. The summed E-state index contributed by atoms with van der Waals surface area (Å²) in [5, 5.41) is 3.21. The Balaban J connectivity index is 2.58. The molecule has 0 aliphatic carbocycles. The SMILES string of the molecule is CC1NC(C=O)c2c(Br)cccc21. The van der Waals surface area contributed by atoms with Crippen molar-refractivity contribution in [1.29, 1.82) is 0 Å². The fourth-order valence-corrected chi connectivity index (χ4v) is 2.44. The van der Waals surface area contributed by atoms with Crippen molar-refractivity contribution in [3.8, 4) is 0 Å². The van der Waals surface area contributed by atoms with Crippen LogP contribution in [-0.4, -0.2) is 6.29 Å². The van der Waals surface area contributed by atoms with Crippen molar-refractivity contribution in [2.24, 2.45) is 0 Å². The van der Waals surface area contributed by atoms with Crippen LogP contribution in [0.4, 0.5) is 0 Å². The molecular formula is C10H10BrNO. The smallest absolute Gasteiger partial charge is 0.141 e. The summed E-state index contributed by atoms with van der Waals surface area (Å²) in [6.07, 6.45) is 0.951. The molecule has 68 valence electrons. The van der Waals surface area contributed by atoms with Gasteiger partial charge in [-0.3, -0.25) is 5.32 Å². The second kappa shape index (κ2) is 3.24. The number of aldehydes is 1. The van der Waals surface area contributed by atoms with Gasteiger partial charge in [0.1, 0.15) is 6.29 Å². The number of halogens is 1. The molecule has 1 aromatic rings. The zero-order chi connectivity index (χ0) is 9.42. The molecule has 0 saturated heterocycles. The molecule has 1 N–H and O–H groups in total. The molecule has 2 rings (SSSR count). The highest BCUT2D eigenvalue weighted by Gasteiger charge is 2.28. The first-order chi connectivity index (χ1) is 6.24. The van der Waals surface area contributed by atoms with Crippen molar-refractivity contribution >= 4 is 22.2 Å². The lowest BCUT2D eigenvalue weighted by atomic mass is 10.0. The fourth-order valence-electron chi connectivity index (χ4n) is 1.81. The predicted octanol–water partition coefficient (Wildman–Crippen LogP) is 2.35. The highest BCUT2D eigenvalue weighted by atomic mass is 79.9. The molecule has 0 spiro atoms. The first kappa shape index (κ1) is 8.91. The third-order valence-electron chi connectivity index (χ3n) is 2.43. The Morgan fingerprint density at radius 3 is 3.00 bits per heavy atom. The monoisotopic (exact) mass is 239 g/mol. The minimum atomic E-state index is -0.152. The van der Waals surface area contributed by atoms with Crippen LogP contribution < -0.4 is 5.32 Å². The zero-order valence-electron chi connectivity index (χ0n) is 7.25. The largest absolute Gasteiger partial charge is 0.301 e. The van der Waals surface area contributed by atoms with Gasteiger partial charge >= 0.3 is 0 Å². The van der Waals surface area contributed by atoms with E-state index >= 15 is 0 Å². The van der Waals surface area contributed by atoms with E-state index in [-0.39, 0.29) is 12.1 Å². The summed E-state index contributed by atoms with van der Waals surface area (Å²) < 4.78 is 1.01. The van der Waals surface area contributed by atoms with E-state index in [1.54, 1.807) is 0 Å². The van der Waals surface area contributed by atoms with Gasteiger partial charge in [-0.05, 0) is 24.1 Å². The van der Waals surface area contributed by atoms with Gasteiger partial charge in [0, 0.05) is 10.5 Å². The van der Waals surface area contributed by atoms with E-state index in [4.69, 9.17) is 0 Å². The number of rotatable bonds is 1. The first-order valence-corrected chi connectivity index (χ1v) is 5.03. The fraction of sp³-hybridized carbons (Fsp3) is 0.300. The van der Waals surface area contributed by atoms with E-state index in [9.17, 15) is 4.79 Å². The summed E-state index contributed by atoms with van der Waals surface area (Å²) in [7, 11) is 0. The first-order valence-electron chi connectivity index (χ1n) is 4.23. The minimum Gasteiger partial charge on any atom is -0.301 e. The van der Waals surface area contributed by atoms with Crippen LogP contribution >= 0.6 is 15.9 Å². The molecule has 1 aromatic carbocycles. The molecule has 1 aliphatic heterocycles. The molecule has 0 saturated carbocycles. The number of carbonyl (C=O) groups is 1. The highest BCUT2D eigenvalue weighted by molar-refractivity contribution is 9.10. The van der Waals surface area contributed by atoms with Crippen LogP contribution in [0.1, 0.15) is 30.1 Å². The molecule has 0 bridgehead atoms. The second-order valence-electron chi connectivity index (χ2n) is 3.24. The van der Waals surface area contributed by atoms with Crippen LogP contribution in [0.25, 0.3) is 0 Å². The number of hydrogen-bond acceptors (Lipinski definition) is 2. The maximum atomic E-state index is 10.8. The Morgan fingerprint density at radius 2 is 2.31 bits per heavy atom. The molecule has 13 heavy (non-hydrogen) atoms. The van der Waals surface area contributed by atoms with Gasteiger partial charge in [-0.15, -0.1) is 0 Å². The average molecular weight is 240 g/mol. The van der Waals surface area contributed by atoms with Gasteiger partial charge in [-0.1, -0.05) is 28.1 Å². The van der Waals surface area contributed by atoms with Crippen LogP contribution in [0.15, 0.2) is 22.7 Å². The van der Waals surface area contributed by atoms with Crippen LogP contribution in [0, 0.1) is 0 Å². The third kappa shape index (κ3) is 1.32. The number of carbonyl (C=O) groups excluding carboxylic acids is 1. The standard InChI is InChI=1S/C10H10BrNO/c1-6-7-3-2-4-8(11)10(7)9(5-13)12-6/h2-6,9,12H,1H3. The van der Waals surface area contributed by atoms with E-state index in [1.807, 2.05) is 12.1 Å². The van der Waals surface area contributed by atoms with Crippen LogP contribution in [-0.2, 0) is 4.79 Å². The topological polar surface area (TPSA) is 29.1 Å². The van der Waals surface area contributed by atoms with Gasteiger partial charge in [0.2, 0.25) is 0 Å². The van der Waals surface area contributed by atoms with Gasteiger partial charge in [-0.2, -0.15) is 0 Å². The van der Waals surface area contributed by atoms with Gasteiger partial charge in [0.15, 0.2) is 0 Å². The number of hydrogen-bond donors (Lipinski definition) is 1. The van der Waals surface area contributed by atoms with E-state index < -0.39 is 0 Å². The van der Waals surface area contributed by atoms with Crippen molar-refractivity contribution in [3.63, 3.8) is 0 Å². The molecule has 0 fully saturated rings. The highest BCUT2D eigenvalue weighted by Crippen LogP contribution is 2.36. The average Bonchev–Trinajstić information content (AvgIpc) is 2.45. The third-order valence-corrected chi connectivity index (χ3v) is 3.12. The van der Waals surface area contributed by atoms with Gasteiger partial charge in [0.05, 0.1) is 6.04 Å². The van der Waals surface area contributed by atoms with Gasteiger partial charge < -0.3 is 4.79 Å². The Labute approximate surface area is 85.5 Å². The molecule has 0 amide bonds. The molecule has 2 unspecified atom stereocenters. The van der Waals surface area contributed by atoms with Gasteiger partial charge in [0.25, 0.3) is 0 Å². The quantitative estimate of drug-likeness (QED) is 0.763. The normalized spacial score (nSPS) is 25.7. The lowest BCUT2D eigenvalue weighted by Crippen LogP contribution is -2.16. The summed E-state index contributed by atoms with van der Waals surface area (Å²) in [6, 6.07) is 6.13. The van der Waals surface area contributed by atoms with E-state index in [0.29, 0.717) is 0 Å². The molecule has 2 nitrogen and oxygen atoms in total. The summed E-state index contributed by atoms with van der Waals surface area (Å²) in [6.45, 7) is 2.06. The maximum Gasteiger partial charge on any atom is 0.141 e. The zero-order valence-corrected chi connectivity index (χ0v) is 8.84. The van der Waals surface area contributed by atoms with Gasteiger partial charge in [-0.25, -0.2) is 0 Å². The van der Waals surface area contributed by atoms with E-state index in [1.165, 1.54) is 5.56 Å². The number of nitrogens with one attached hydrogen (secondary N) is 1. The van der Waals surface area contributed by atoms with Crippen molar-refractivity contribution < 1.29 is 4.79 Å². The van der Waals surface area contributed by atoms with Crippen molar-refractivity contribution in [3.05, 3.63) is 33.8 Å². The van der Waals surface area contributed by atoms with Crippen LogP contribution in [0.2, 0.25) is 0 Å². The van der Waals surface area contributed by atoms with Crippen molar-refractivity contribution in [1.82, 2.24) is 5.32 Å². The Hall–Kier alpha value is -0.670. The van der Waals surface area contributed by atoms with E-state index in [0.717, 1.165) is 16.3 Å². The molecule has 0 radical (unpaired) electrons. The molecule has 3 heteroatoms. The predicted molar refractivity (Wildman–Crippen MR) is 54.5 cm³/mol. The summed E-state index contributed by atoms with van der Waals surface area (Å²) in [4.78, 5) is 10.8. The number of benzene rings is 1. The molecule has 2 atom stereocenters.